The largest absolute Gasteiger partial charge is 0.435 e. The van der Waals surface area contributed by atoms with Crippen molar-refractivity contribution in [3.05, 3.63) is 94.8 Å². The number of aromatic nitrogens is 4. The van der Waals surface area contributed by atoms with Crippen LogP contribution in [0, 0.1) is 19.7 Å². The van der Waals surface area contributed by atoms with Gasteiger partial charge in [-0.25, -0.2) is 9.07 Å². The number of hydrogen-bond donors (Lipinski definition) is 2. The third kappa shape index (κ3) is 4.63. The van der Waals surface area contributed by atoms with Gasteiger partial charge in [-0.15, -0.1) is 5.10 Å². The minimum Gasteiger partial charge on any atom is -0.318 e. The minimum atomic E-state index is -5.02. The van der Waals surface area contributed by atoms with Crippen LogP contribution in [0.15, 0.2) is 60.7 Å². The average molecular weight is 486 g/mol. The number of hydrogen-bond acceptors (Lipinski definition) is 4. The first-order valence-corrected chi connectivity index (χ1v) is 10.2. The molecule has 0 radical (unpaired) electrons. The van der Waals surface area contributed by atoms with Crippen molar-refractivity contribution in [1.82, 2.24) is 30.4 Å². The highest BCUT2D eigenvalue weighted by Gasteiger charge is 2.42. The summed E-state index contributed by atoms with van der Waals surface area (Å²) in [7, 11) is 0. The number of aryl methyl sites for hydroxylation is 1. The fourth-order valence-electron chi connectivity index (χ4n) is 3.66. The number of halogens is 4. The van der Waals surface area contributed by atoms with Gasteiger partial charge < -0.3 is 4.57 Å². The molecule has 2 aromatic carbocycles. The van der Waals surface area contributed by atoms with Crippen LogP contribution in [0.3, 0.4) is 0 Å². The van der Waals surface area contributed by atoms with Crippen LogP contribution in [0.2, 0.25) is 0 Å². The normalized spacial score (nSPS) is 11.4. The predicted octanol–water partition coefficient (Wildman–Crippen LogP) is 3.91. The molecule has 0 spiro atoms. The van der Waals surface area contributed by atoms with Gasteiger partial charge in [0.05, 0.1) is 11.3 Å². The molecule has 12 heteroatoms. The van der Waals surface area contributed by atoms with Crippen LogP contribution in [0.5, 0.6) is 0 Å². The number of benzene rings is 2. The van der Waals surface area contributed by atoms with E-state index in [4.69, 9.17) is 0 Å². The van der Waals surface area contributed by atoms with Gasteiger partial charge in [0.15, 0.2) is 11.4 Å². The van der Waals surface area contributed by atoms with Crippen molar-refractivity contribution >= 4 is 11.8 Å². The van der Waals surface area contributed by atoms with Crippen molar-refractivity contribution in [2.45, 2.75) is 20.0 Å². The Bertz CT molecular complexity index is 1390. The second kappa shape index (κ2) is 9.05. The zero-order valence-electron chi connectivity index (χ0n) is 18.4. The Labute approximate surface area is 196 Å². The Morgan fingerprint density at radius 3 is 2.14 bits per heavy atom. The zero-order valence-corrected chi connectivity index (χ0v) is 18.4. The highest BCUT2D eigenvalue weighted by atomic mass is 19.4. The van der Waals surface area contributed by atoms with Crippen molar-refractivity contribution in [3.63, 3.8) is 0 Å². The number of carbonyl (C=O) groups is 2. The first kappa shape index (κ1) is 23.7. The van der Waals surface area contributed by atoms with Crippen LogP contribution in [-0.2, 0) is 6.18 Å². The first-order valence-electron chi connectivity index (χ1n) is 10.2. The van der Waals surface area contributed by atoms with E-state index in [9.17, 15) is 27.2 Å². The maximum Gasteiger partial charge on any atom is 0.435 e. The molecule has 0 bridgehead atoms. The van der Waals surface area contributed by atoms with Gasteiger partial charge >= 0.3 is 6.18 Å². The number of nitrogens with one attached hydrogen (secondary N) is 2. The molecule has 2 aromatic heterocycles. The molecule has 0 saturated carbocycles. The van der Waals surface area contributed by atoms with Crippen molar-refractivity contribution in [1.29, 1.82) is 0 Å². The summed E-state index contributed by atoms with van der Waals surface area (Å²) in [5, 5.41) is 6.74. The molecule has 0 saturated heterocycles. The molecule has 180 valence electrons. The summed E-state index contributed by atoms with van der Waals surface area (Å²) in [5.41, 5.74) is 3.74. The first-order chi connectivity index (χ1) is 16.6. The van der Waals surface area contributed by atoms with E-state index in [0.717, 1.165) is 35.6 Å². The standard InChI is InChI=1S/C23H18F4N6O2/c1-13-12-18(14(2)32(13)16-6-4-3-5-7-16)21(34)29-30-22(35)19-20(23(25,26)27)33(31-28-19)17-10-8-15(24)9-11-17/h3-12H,1-2H3,(H,29,34)(H,30,35). The Morgan fingerprint density at radius 2 is 1.51 bits per heavy atom. The van der Waals surface area contributed by atoms with Crippen LogP contribution in [-0.4, -0.2) is 31.4 Å². The molecule has 8 nitrogen and oxygen atoms in total. The predicted molar refractivity (Wildman–Crippen MR) is 116 cm³/mol. The van der Waals surface area contributed by atoms with Crippen LogP contribution in [0.4, 0.5) is 17.6 Å². The smallest absolute Gasteiger partial charge is 0.318 e. The van der Waals surface area contributed by atoms with E-state index in [2.05, 4.69) is 15.7 Å². The van der Waals surface area contributed by atoms with E-state index in [0.29, 0.717) is 10.4 Å². The quantitative estimate of drug-likeness (QED) is 0.338. The Hall–Kier alpha value is -4.48. The minimum absolute atomic E-state index is 0.150. The lowest BCUT2D eigenvalue weighted by Crippen LogP contribution is -2.42. The molecule has 35 heavy (non-hydrogen) atoms. The fourth-order valence-corrected chi connectivity index (χ4v) is 3.66. The topological polar surface area (TPSA) is 93.8 Å². The van der Waals surface area contributed by atoms with Crippen molar-refractivity contribution in [3.8, 4) is 11.4 Å². The van der Waals surface area contributed by atoms with Gasteiger partial charge in [0.2, 0.25) is 0 Å². The molecular formula is C23H18F4N6O2. The van der Waals surface area contributed by atoms with Crippen molar-refractivity contribution in [2.24, 2.45) is 0 Å². The molecule has 2 N–H and O–H groups in total. The monoisotopic (exact) mass is 486 g/mol. The van der Waals surface area contributed by atoms with Crippen LogP contribution in [0.1, 0.15) is 37.9 Å². The van der Waals surface area contributed by atoms with Gasteiger partial charge in [0, 0.05) is 17.1 Å². The Morgan fingerprint density at radius 1 is 0.886 bits per heavy atom. The van der Waals surface area contributed by atoms with Gasteiger partial charge in [0.1, 0.15) is 5.82 Å². The molecule has 0 fully saturated rings. The number of amides is 2. The zero-order chi connectivity index (χ0) is 25.3. The number of carbonyl (C=O) groups excluding carboxylic acids is 2. The lowest BCUT2D eigenvalue weighted by atomic mass is 10.2. The van der Waals surface area contributed by atoms with E-state index in [-0.39, 0.29) is 11.3 Å². The maximum absolute atomic E-state index is 13.7. The molecule has 0 atom stereocenters. The summed E-state index contributed by atoms with van der Waals surface area (Å²) >= 11 is 0. The summed E-state index contributed by atoms with van der Waals surface area (Å²) < 4.78 is 56.6. The molecule has 4 rings (SSSR count). The molecule has 2 heterocycles. The lowest BCUT2D eigenvalue weighted by Gasteiger charge is -2.12. The van der Waals surface area contributed by atoms with E-state index in [1.165, 1.54) is 0 Å². The van der Waals surface area contributed by atoms with Gasteiger partial charge in [-0.1, -0.05) is 23.4 Å². The lowest BCUT2D eigenvalue weighted by molar-refractivity contribution is -0.143. The number of alkyl halides is 3. The Balaban J connectivity index is 1.57. The number of nitrogens with zero attached hydrogens (tertiary/aromatic N) is 4. The van der Waals surface area contributed by atoms with Gasteiger partial charge in [0.25, 0.3) is 11.8 Å². The van der Waals surface area contributed by atoms with E-state index in [1.54, 1.807) is 19.9 Å². The van der Waals surface area contributed by atoms with Crippen molar-refractivity contribution in [2.75, 3.05) is 0 Å². The number of para-hydroxylation sites is 1. The second-order valence-electron chi connectivity index (χ2n) is 7.54. The molecule has 0 aliphatic rings. The third-order valence-corrected chi connectivity index (χ3v) is 5.20. The maximum atomic E-state index is 13.7. The summed E-state index contributed by atoms with van der Waals surface area (Å²) in [6.45, 7) is 3.49. The number of rotatable bonds is 4. The highest BCUT2D eigenvalue weighted by Crippen LogP contribution is 2.32. The van der Waals surface area contributed by atoms with E-state index in [1.807, 2.05) is 40.3 Å². The van der Waals surface area contributed by atoms with Crippen molar-refractivity contribution < 1.29 is 27.2 Å². The summed E-state index contributed by atoms with van der Waals surface area (Å²) in [5.74, 6) is -2.71. The van der Waals surface area contributed by atoms with Crippen LogP contribution < -0.4 is 10.9 Å². The second-order valence-corrected chi connectivity index (χ2v) is 7.54. The van der Waals surface area contributed by atoms with E-state index >= 15 is 0 Å². The molecule has 2 amide bonds. The molecule has 0 aliphatic carbocycles. The summed E-state index contributed by atoms with van der Waals surface area (Å²) in [4.78, 5) is 25.2. The average Bonchev–Trinajstić information content (AvgIpc) is 3.40. The summed E-state index contributed by atoms with van der Waals surface area (Å²) in [6.07, 6.45) is -5.02. The fraction of sp³-hybridized carbons (Fsp3) is 0.130. The molecule has 4 aromatic rings. The molecular weight excluding hydrogens is 468 g/mol. The third-order valence-electron chi connectivity index (χ3n) is 5.20. The molecule has 0 unspecified atom stereocenters. The van der Waals surface area contributed by atoms with Gasteiger partial charge in [-0.3, -0.25) is 20.4 Å². The molecule has 0 aliphatic heterocycles. The number of hydrazine groups is 1. The Kier molecular flexibility index (Phi) is 6.12. The SMILES string of the molecule is Cc1cc(C(=O)NNC(=O)c2nnn(-c3ccc(F)cc3)c2C(F)(F)F)c(C)n1-c1ccccc1. The van der Waals surface area contributed by atoms with Crippen LogP contribution in [0.25, 0.3) is 11.4 Å². The van der Waals surface area contributed by atoms with Crippen LogP contribution >= 0.6 is 0 Å². The van der Waals surface area contributed by atoms with Gasteiger partial charge in [-0.05, 0) is 56.3 Å². The van der Waals surface area contributed by atoms with Gasteiger partial charge in [-0.2, -0.15) is 13.2 Å². The summed E-state index contributed by atoms with van der Waals surface area (Å²) in [6, 6.07) is 14.8. The highest BCUT2D eigenvalue weighted by molar-refractivity contribution is 5.99. The van der Waals surface area contributed by atoms with E-state index < -0.39 is 35.2 Å².